The van der Waals surface area contributed by atoms with Crippen LogP contribution >= 0.6 is 24.0 Å². The number of hydrogen-bond acceptors (Lipinski definition) is 5. The number of carbonyl (C=O) groups excluding carboxylic acids is 1. The van der Waals surface area contributed by atoms with Crippen molar-refractivity contribution in [1.29, 1.82) is 0 Å². The zero-order valence-electron chi connectivity index (χ0n) is 17.3. The molecule has 2 saturated heterocycles. The van der Waals surface area contributed by atoms with Crippen molar-refractivity contribution in [2.75, 3.05) is 73.1 Å². The first-order valence-electron chi connectivity index (χ1n) is 10.2. The molecule has 2 aliphatic heterocycles. The van der Waals surface area contributed by atoms with E-state index in [1.807, 2.05) is 14.0 Å². The predicted octanol–water partition coefficient (Wildman–Crippen LogP) is 1.48. The van der Waals surface area contributed by atoms with E-state index in [-0.39, 0.29) is 35.9 Å². The first-order valence-corrected chi connectivity index (χ1v) is 10.2. The van der Waals surface area contributed by atoms with E-state index in [0.717, 1.165) is 38.3 Å². The standard InChI is InChI=1S/C19H37N5O2.HI/c1-4-26-18(25)17-8-7-11-24(16-17)19(20-2)21-9-5-6-10-23-14-12-22(3)13-15-23;/h17H,4-16H2,1-3H3,(H,20,21);1H. The minimum atomic E-state index is -0.0696. The highest BCUT2D eigenvalue weighted by Gasteiger charge is 2.28. The molecule has 0 radical (unpaired) electrons. The molecular weight excluding hydrogens is 457 g/mol. The lowest BCUT2D eigenvalue weighted by Gasteiger charge is -2.34. The van der Waals surface area contributed by atoms with E-state index < -0.39 is 0 Å². The molecule has 2 heterocycles. The van der Waals surface area contributed by atoms with Gasteiger partial charge in [-0.3, -0.25) is 9.79 Å². The molecule has 7 nitrogen and oxygen atoms in total. The fraction of sp³-hybridized carbons (Fsp3) is 0.895. The molecule has 0 aromatic heterocycles. The van der Waals surface area contributed by atoms with Gasteiger partial charge in [0.05, 0.1) is 12.5 Å². The van der Waals surface area contributed by atoms with Crippen LogP contribution in [0.25, 0.3) is 0 Å². The van der Waals surface area contributed by atoms with Crippen molar-refractivity contribution in [3.05, 3.63) is 0 Å². The van der Waals surface area contributed by atoms with Crippen LogP contribution in [0.1, 0.15) is 32.6 Å². The predicted molar refractivity (Wildman–Crippen MR) is 121 cm³/mol. The average Bonchev–Trinajstić information content (AvgIpc) is 2.66. The topological polar surface area (TPSA) is 60.4 Å². The van der Waals surface area contributed by atoms with Gasteiger partial charge in [-0.15, -0.1) is 24.0 Å². The number of piperazine rings is 1. The molecule has 0 spiro atoms. The summed E-state index contributed by atoms with van der Waals surface area (Å²) in [6, 6.07) is 0. The van der Waals surface area contributed by atoms with Crippen LogP contribution in [0.4, 0.5) is 0 Å². The fourth-order valence-corrected chi connectivity index (χ4v) is 3.69. The summed E-state index contributed by atoms with van der Waals surface area (Å²) >= 11 is 0. The maximum Gasteiger partial charge on any atom is 0.310 e. The van der Waals surface area contributed by atoms with Crippen molar-refractivity contribution in [2.24, 2.45) is 10.9 Å². The lowest BCUT2D eigenvalue weighted by atomic mass is 9.98. The Morgan fingerprint density at radius 2 is 1.93 bits per heavy atom. The number of aliphatic imine (C=N–C) groups is 1. The van der Waals surface area contributed by atoms with Crippen LogP contribution in [-0.2, 0) is 9.53 Å². The first-order chi connectivity index (χ1) is 12.6. The number of halogens is 1. The number of hydrogen-bond donors (Lipinski definition) is 1. The van der Waals surface area contributed by atoms with Crippen molar-refractivity contribution >= 4 is 35.9 Å². The highest BCUT2D eigenvalue weighted by Crippen LogP contribution is 2.18. The third kappa shape index (κ3) is 8.51. The number of likely N-dealkylation sites (tertiary alicyclic amines) is 1. The molecule has 2 fully saturated rings. The Balaban J connectivity index is 0.00000364. The Morgan fingerprint density at radius 3 is 2.59 bits per heavy atom. The van der Waals surface area contributed by atoms with Crippen LogP contribution in [0.5, 0.6) is 0 Å². The fourth-order valence-electron chi connectivity index (χ4n) is 3.69. The van der Waals surface area contributed by atoms with Gasteiger partial charge in [0.1, 0.15) is 0 Å². The molecule has 1 unspecified atom stereocenters. The molecular formula is C19H38IN5O2. The number of unbranched alkanes of at least 4 members (excludes halogenated alkanes) is 1. The molecule has 1 atom stereocenters. The van der Waals surface area contributed by atoms with Gasteiger partial charge in [-0.1, -0.05) is 0 Å². The second kappa shape index (κ2) is 13.5. The molecule has 0 aliphatic carbocycles. The normalized spacial score (nSPS) is 22.3. The molecule has 0 aromatic carbocycles. The summed E-state index contributed by atoms with van der Waals surface area (Å²) in [5.74, 6) is 0.818. The minimum Gasteiger partial charge on any atom is -0.466 e. The maximum atomic E-state index is 12.0. The number of carbonyl (C=O) groups is 1. The van der Waals surface area contributed by atoms with E-state index in [2.05, 4.69) is 32.1 Å². The van der Waals surface area contributed by atoms with Crippen molar-refractivity contribution in [2.45, 2.75) is 32.6 Å². The quantitative estimate of drug-likeness (QED) is 0.190. The Bertz CT molecular complexity index is 455. The van der Waals surface area contributed by atoms with Crippen LogP contribution < -0.4 is 5.32 Å². The number of nitrogens with one attached hydrogen (secondary N) is 1. The smallest absolute Gasteiger partial charge is 0.310 e. The zero-order chi connectivity index (χ0) is 18.8. The Morgan fingerprint density at radius 1 is 1.19 bits per heavy atom. The van der Waals surface area contributed by atoms with Gasteiger partial charge < -0.3 is 24.8 Å². The summed E-state index contributed by atoms with van der Waals surface area (Å²) < 4.78 is 5.19. The van der Waals surface area contributed by atoms with E-state index in [4.69, 9.17) is 4.74 Å². The number of esters is 1. The monoisotopic (exact) mass is 495 g/mol. The molecule has 27 heavy (non-hydrogen) atoms. The highest BCUT2D eigenvalue weighted by molar-refractivity contribution is 14.0. The van der Waals surface area contributed by atoms with Gasteiger partial charge in [0, 0.05) is 52.9 Å². The average molecular weight is 495 g/mol. The Labute approximate surface area is 181 Å². The number of guanidine groups is 1. The van der Waals surface area contributed by atoms with Crippen LogP contribution in [0.3, 0.4) is 0 Å². The SMILES string of the molecule is CCOC(=O)C1CCCN(C(=NC)NCCCCN2CCN(C)CC2)C1.I. The lowest BCUT2D eigenvalue weighted by Crippen LogP contribution is -2.48. The van der Waals surface area contributed by atoms with Crippen molar-refractivity contribution in [3.63, 3.8) is 0 Å². The van der Waals surface area contributed by atoms with Gasteiger partial charge in [0.2, 0.25) is 0 Å². The van der Waals surface area contributed by atoms with E-state index in [1.54, 1.807) is 0 Å². The van der Waals surface area contributed by atoms with Crippen molar-refractivity contribution in [3.8, 4) is 0 Å². The summed E-state index contributed by atoms with van der Waals surface area (Å²) in [6.45, 7) is 10.8. The Hall–Kier alpha value is -0.610. The molecule has 0 aromatic rings. The van der Waals surface area contributed by atoms with Gasteiger partial charge in [-0.05, 0) is 46.2 Å². The van der Waals surface area contributed by atoms with E-state index in [0.29, 0.717) is 13.2 Å². The third-order valence-electron chi connectivity index (χ3n) is 5.33. The van der Waals surface area contributed by atoms with Gasteiger partial charge in [0.25, 0.3) is 0 Å². The Kier molecular flexibility index (Phi) is 12.3. The summed E-state index contributed by atoms with van der Waals surface area (Å²) in [5, 5.41) is 3.47. The summed E-state index contributed by atoms with van der Waals surface area (Å²) in [6.07, 6.45) is 4.27. The van der Waals surface area contributed by atoms with Crippen LogP contribution in [-0.4, -0.2) is 99.7 Å². The maximum absolute atomic E-state index is 12.0. The third-order valence-corrected chi connectivity index (χ3v) is 5.33. The van der Waals surface area contributed by atoms with E-state index >= 15 is 0 Å². The van der Waals surface area contributed by atoms with Gasteiger partial charge in [-0.2, -0.15) is 0 Å². The summed E-state index contributed by atoms with van der Waals surface area (Å²) in [7, 11) is 4.01. The molecule has 2 rings (SSSR count). The van der Waals surface area contributed by atoms with Crippen LogP contribution in [0.2, 0.25) is 0 Å². The lowest BCUT2D eigenvalue weighted by molar-refractivity contribution is -0.149. The number of ether oxygens (including phenoxy) is 1. The van der Waals surface area contributed by atoms with Crippen molar-refractivity contribution < 1.29 is 9.53 Å². The number of piperidine rings is 1. The first kappa shape index (κ1) is 24.4. The molecule has 1 N–H and O–H groups in total. The molecule has 2 aliphatic rings. The summed E-state index contributed by atoms with van der Waals surface area (Å²) in [4.78, 5) is 23.6. The highest BCUT2D eigenvalue weighted by atomic mass is 127. The zero-order valence-corrected chi connectivity index (χ0v) is 19.6. The molecule has 158 valence electrons. The number of likely N-dealkylation sites (N-methyl/N-ethyl adjacent to an activating group) is 1. The molecule has 0 amide bonds. The minimum absolute atomic E-state index is 0. The second-order valence-electron chi connectivity index (χ2n) is 7.36. The largest absolute Gasteiger partial charge is 0.466 e. The van der Waals surface area contributed by atoms with Crippen molar-refractivity contribution in [1.82, 2.24) is 20.0 Å². The molecule has 8 heteroatoms. The van der Waals surface area contributed by atoms with Gasteiger partial charge in [-0.25, -0.2) is 0 Å². The van der Waals surface area contributed by atoms with E-state index in [9.17, 15) is 4.79 Å². The second-order valence-corrected chi connectivity index (χ2v) is 7.36. The van der Waals surface area contributed by atoms with Crippen LogP contribution in [0, 0.1) is 5.92 Å². The summed E-state index contributed by atoms with van der Waals surface area (Å²) in [5.41, 5.74) is 0. The number of nitrogens with zero attached hydrogens (tertiary/aromatic N) is 4. The molecule has 0 saturated carbocycles. The number of rotatable bonds is 7. The van der Waals surface area contributed by atoms with Crippen LogP contribution in [0.15, 0.2) is 4.99 Å². The van der Waals surface area contributed by atoms with Gasteiger partial charge >= 0.3 is 5.97 Å². The van der Waals surface area contributed by atoms with Gasteiger partial charge in [0.15, 0.2) is 5.96 Å². The molecule has 0 bridgehead atoms. The van der Waals surface area contributed by atoms with E-state index in [1.165, 1.54) is 39.1 Å².